The molecule has 0 spiro atoms. The number of aliphatic hydroxyl groups excluding tert-OH is 1. The Morgan fingerprint density at radius 1 is 1.03 bits per heavy atom. The number of aromatic nitrogens is 1. The first-order valence-corrected chi connectivity index (χ1v) is 11.4. The lowest BCUT2D eigenvalue weighted by Gasteiger charge is -2.11. The van der Waals surface area contributed by atoms with Gasteiger partial charge in [-0.2, -0.15) is 13.2 Å². The number of nitrogens with one attached hydrogen (secondary N) is 1. The number of aliphatic hydroxyl groups is 1. The topological polar surface area (TPSA) is 62.2 Å². The minimum atomic E-state index is -4.29. The highest BCUT2D eigenvalue weighted by Crippen LogP contribution is 2.29. The van der Waals surface area contributed by atoms with E-state index in [0.717, 1.165) is 50.7 Å². The highest BCUT2D eigenvalue weighted by atomic mass is 19.4. The van der Waals surface area contributed by atoms with Gasteiger partial charge in [-0.25, -0.2) is 0 Å². The zero-order valence-electron chi connectivity index (χ0n) is 20.5. The Labute approximate surface area is 196 Å². The van der Waals surface area contributed by atoms with Gasteiger partial charge in [0.25, 0.3) is 0 Å². The van der Waals surface area contributed by atoms with E-state index >= 15 is 0 Å². The van der Waals surface area contributed by atoms with Gasteiger partial charge in [0.15, 0.2) is 0 Å². The Kier molecular flexibility index (Phi) is 16.1. The molecule has 7 heteroatoms. The van der Waals surface area contributed by atoms with Gasteiger partial charge in [0.1, 0.15) is 5.78 Å². The molecule has 0 aliphatic carbocycles. The Hall–Kier alpha value is -2.25. The molecule has 0 atom stereocenters. The van der Waals surface area contributed by atoms with Crippen LogP contribution < -0.4 is 5.32 Å². The lowest BCUT2D eigenvalue weighted by molar-refractivity contribution is -0.137. The van der Waals surface area contributed by atoms with Crippen molar-refractivity contribution in [3.63, 3.8) is 0 Å². The molecule has 2 N–H and O–H groups in total. The molecule has 33 heavy (non-hydrogen) atoms. The molecule has 2 rings (SSSR count). The van der Waals surface area contributed by atoms with Crippen molar-refractivity contribution in [3.8, 4) is 0 Å². The summed E-state index contributed by atoms with van der Waals surface area (Å²) >= 11 is 0. The Morgan fingerprint density at radius 3 is 2.18 bits per heavy atom. The molecule has 186 valence electrons. The maximum atomic E-state index is 12.2. The number of Topliss-reactive ketones (excluding diaryl/α,β-unsaturated/α-hetero) is 1. The number of aryl methyl sites for hydroxylation is 1. The second-order valence-corrected chi connectivity index (χ2v) is 8.14. The van der Waals surface area contributed by atoms with E-state index in [9.17, 15) is 18.0 Å². The Morgan fingerprint density at radius 2 is 1.67 bits per heavy atom. The number of carbonyl (C=O) groups is 1. The number of carbonyl (C=O) groups excluding carboxylic acids is 1. The normalized spacial score (nSPS) is 10.7. The largest absolute Gasteiger partial charge is 0.416 e. The predicted octanol–water partition coefficient (Wildman–Crippen LogP) is 5.66. The molecule has 1 aromatic carbocycles. The second-order valence-electron chi connectivity index (χ2n) is 8.14. The molecule has 0 fully saturated rings. The van der Waals surface area contributed by atoms with Gasteiger partial charge in [0, 0.05) is 25.9 Å². The van der Waals surface area contributed by atoms with E-state index < -0.39 is 11.7 Å². The smallest absolute Gasteiger partial charge is 0.400 e. The van der Waals surface area contributed by atoms with Crippen molar-refractivity contribution in [2.75, 3.05) is 20.2 Å². The summed E-state index contributed by atoms with van der Waals surface area (Å²) in [5.41, 5.74) is 2.95. The lowest BCUT2D eigenvalue weighted by Crippen LogP contribution is -2.18. The first-order chi connectivity index (χ1) is 15.6. The van der Waals surface area contributed by atoms with E-state index in [1.165, 1.54) is 36.6 Å². The third-order valence-electron chi connectivity index (χ3n) is 4.68. The molecule has 1 aromatic heterocycles. The van der Waals surface area contributed by atoms with Gasteiger partial charge in [-0.3, -0.25) is 4.98 Å². The first kappa shape index (κ1) is 30.8. The van der Waals surface area contributed by atoms with Crippen LogP contribution in [0.4, 0.5) is 13.2 Å². The molecule has 0 aliphatic rings. The Balaban J connectivity index is 0.000000578. The Bertz CT molecular complexity index is 776. The summed E-state index contributed by atoms with van der Waals surface area (Å²) in [5.74, 6) is 0.750. The fourth-order valence-corrected chi connectivity index (χ4v) is 3.03. The van der Waals surface area contributed by atoms with Crippen LogP contribution in [0.2, 0.25) is 0 Å². The van der Waals surface area contributed by atoms with E-state index in [-0.39, 0.29) is 5.78 Å². The number of halogens is 3. The number of ketones is 1. The van der Waals surface area contributed by atoms with E-state index in [4.69, 9.17) is 5.11 Å². The highest BCUT2D eigenvalue weighted by molar-refractivity contribution is 5.75. The number of hydrogen-bond donors (Lipinski definition) is 2. The molecule has 1 heterocycles. The van der Waals surface area contributed by atoms with Crippen LogP contribution >= 0.6 is 0 Å². The summed E-state index contributed by atoms with van der Waals surface area (Å²) in [6.07, 6.45) is 3.94. The van der Waals surface area contributed by atoms with Crippen LogP contribution in [0.1, 0.15) is 62.8 Å². The van der Waals surface area contributed by atoms with Crippen molar-refractivity contribution in [3.05, 3.63) is 65.0 Å². The third kappa shape index (κ3) is 14.5. The minimum absolute atomic E-state index is 0.0369. The lowest BCUT2D eigenvalue weighted by atomic mass is 9.98. The van der Waals surface area contributed by atoms with Crippen molar-refractivity contribution in [1.29, 1.82) is 0 Å². The molecule has 0 unspecified atom stereocenters. The van der Waals surface area contributed by atoms with Crippen LogP contribution in [0.25, 0.3) is 0 Å². The van der Waals surface area contributed by atoms with Crippen molar-refractivity contribution in [1.82, 2.24) is 10.3 Å². The van der Waals surface area contributed by atoms with Crippen LogP contribution in [0.3, 0.4) is 0 Å². The standard InChI is InChI=1S/C14H24N2.C11H11F3O.CH4O/c1-4-7-15-8-6-14-11-16-9-5-13(14)10-12(2)3;1-8(15)2-3-9-4-6-10(7-5-9)11(12,13)14;1-2/h5,9,11-12,15H,4,6-8,10H2,1-3H3;4-7H,2-3H2,1H3;2H,1H3. The first-order valence-electron chi connectivity index (χ1n) is 11.4. The van der Waals surface area contributed by atoms with Gasteiger partial charge in [0.2, 0.25) is 0 Å². The van der Waals surface area contributed by atoms with Crippen LogP contribution in [-0.2, 0) is 30.2 Å². The summed E-state index contributed by atoms with van der Waals surface area (Å²) in [4.78, 5) is 14.9. The van der Waals surface area contributed by atoms with Crippen molar-refractivity contribution >= 4 is 5.78 Å². The SMILES string of the molecule is CC(=O)CCc1ccc(C(F)(F)F)cc1.CCCNCCc1cnccc1CC(C)C.CO. The molecular formula is C26H39F3N2O2. The van der Waals surface area contributed by atoms with Crippen molar-refractivity contribution in [2.45, 2.75) is 66.0 Å². The van der Waals surface area contributed by atoms with Gasteiger partial charge in [0.05, 0.1) is 5.56 Å². The van der Waals surface area contributed by atoms with Crippen LogP contribution in [0.5, 0.6) is 0 Å². The second kappa shape index (κ2) is 17.3. The fourth-order valence-electron chi connectivity index (χ4n) is 3.03. The third-order valence-corrected chi connectivity index (χ3v) is 4.68. The molecule has 0 amide bonds. The highest BCUT2D eigenvalue weighted by Gasteiger charge is 2.29. The number of alkyl halides is 3. The van der Waals surface area contributed by atoms with Crippen LogP contribution in [0.15, 0.2) is 42.7 Å². The molecule has 0 saturated carbocycles. The quantitative estimate of drug-likeness (QED) is 0.442. The summed E-state index contributed by atoms with van der Waals surface area (Å²) in [6, 6.07) is 7.05. The molecule has 0 bridgehead atoms. The van der Waals surface area contributed by atoms with Crippen molar-refractivity contribution < 1.29 is 23.1 Å². The number of nitrogens with zero attached hydrogens (tertiary/aromatic N) is 1. The molecule has 2 aromatic rings. The summed E-state index contributed by atoms with van der Waals surface area (Å²) in [6.45, 7) is 10.4. The molecular weight excluding hydrogens is 429 g/mol. The average Bonchev–Trinajstić information content (AvgIpc) is 2.77. The molecule has 0 radical (unpaired) electrons. The van der Waals surface area contributed by atoms with Crippen LogP contribution in [0, 0.1) is 5.92 Å². The molecule has 0 aliphatic heterocycles. The van der Waals surface area contributed by atoms with E-state index in [0.29, 0.717) is 18.8 Å². The summed E-state index contributed by atoms with van der Waals surface area (Å²) in [5, 5.41) is 10.4. The maximum Gasteiger partial charge on any atom is 0.416 e. The zero-order valence-corrected chi connectivity index (χ0v) is 20.5. The van der Waals surface area contributed by atoms with Gasteiger partial charge < -0.3 is 15.2 Å². The zero-order chi connectivity index (χ0) is 25.3. The minimum Gasteiger partial charge on any atom is -0.400 e. The molecule has 4 nitrogen and oxygen atoms in total. The van der Waals surface area contributed by atoms with Gasteiger partial charge in [-0.05, 0) is 86.5 Å². The van der Waals surface area contributed by atoms with E-state index in [1.807, 2.05) is 12.4 Å². The average molecular weight is 469 g/mol. The molecule has 0 saturated heterocycles. The number of rotatable bonds is 10. The van der Waals surface area contributed by atoms with Crippen molar-refractivity contribution in [2.24, 2.45) is 5.92 Å². The van der Waals surface area contributed by atoms with E-state index in [1.54, 1.807) is 0 Å². The van der Waals surface area contributed by atoms with Crippen LogP contribution in [-0.4, -0.2) is 36.1 Å². The van der Waals surface area contributed by atoms with E-state index in [2.05, 4.69) is 37.1 Å². The summed E-state index contributed by atoms with van der Waals surface area (Å²) in [7, 11) is 1.00. The number of hydrogen-bond acceptors (Lipinski definition) is 4. The number of benzene rings is 1. The van der Waals surface area contributed by atoms with Gasteiger partial charge in [-0.15, -0.1) is 0 Å². The van der Waals surface area contributed by atoms with Gasteiger partial charge in [-0.1, -0.05) is 32.9 Å². The maximum absolute atomic E-state index is 12.2. The van der Waals surface area contributed by atoms with Gasteiger partial charge >= 0.3 is 6.18 Å². The predicted molar refractivity (Wildman–Crippen MR) is 128 cm³/mol. The monoisotopic (exact) mass is 468 g/mol. The number of pyridine rings is 1. The summed E-state index contributed by atoms with van der Waals surface area (Å²) < 4.78 is 36.5. The fraction of sp³-hybridized carbons (Fsp3) is 0.538.